The fraction of sp³-hybridized carbons (Fsp3) is 0.722. The zero-order valence-electron chi connectivity index (χ0n) is 15.2. The van der Waals surface area contributed by atoms with Crippen molar-refractivity contribution in [2.45, 2.75) is 51.6 Å². The number of likely N-dealkylation sites (tertiary alicyclic amines) is 1. The van der Waals surface area contributed by atoms with Crippen molar-refractivity contribution in [3.8, 4) is 0 Å². The number of aliphatic imine (C=N–C) groups is 1. The number of hydrogen-bond acceptors (Lipinski definition) is 2. The highest BCUT2D eigenvalue weighted by atomic mass is 127. The van der Waals surface area contributed by atoms with Crippen molar-refractivity contribution in [3.05, 3.63) is 24.5 Å². The Bertz CT molecular complexity index is 446. The summed E-state index contributed by atoms with van der Waals surface area (Å²) < 4.78 is 2.17. The number of guanidine groups is 1. The molecule has 0 bridgehead atoms. The van der Waals surface area contributed by atoms with Crippen molar-refractivity contribution in [2.75, 3.05) is 33.2 Å². The molecule has 0 aromatic carbocycles. The number of nitrogens with zero attached hydrogens (tertiary/aromatic N) is 3. The minimum Gasteiger partial charge on any atom is -0.356 e. The molecule has 1 aromatic rings. The van der Waals surface area contributed by atoms with Gasteiger partial charge in [0.05, 0.1) is 0 Å². The zero-order chi connectivity index (χ0) is 16.3. The van der Waals surface area contributed by atoms with Gasteiger partial charge in [-0.15, -0.1) is 24.0 Å². The van der Waals surface area contributed by atoms with Crippen molar-refractivity contribution < 1.29 is 0 Å². The van der Waals surface area contributed by atoms with Gasteiger partial charge in [-0.1, -0.05) is 6.42 Å². The number of halogens is 1. The first-order valence-corrected chi connectivity index (χ1v) is 9.09. The average molecular weight is 447 g/mol. The molecule has 2 heterocycles. The minimum atomic E-state index is 0. The highest BCUT2D eigenvalue weighted by molar-refractivity contribution is 14.0. The molecule has 1 fully saturated rings. The smallest absolute Gasteiger partial charge is 0.191 e. The summed E-state index contributed by atoms with van der Waals surface area (Å²) in [5.41, 5.74) is 0. The van der Waals surface area contributed by atoms with E-state index in [0.29, 0.717) is 0 Å². The van der Waals surface area contributed by atoms with Gasteiger partial charge in [-0.2, -0.15) is 0 Å². The maximum Gasteiger partial charge on any atom is 0.191 e. The quantitative estimate of drug-likeness (QED) is 0.279. The van der Waals surface area contributed by atoms with E-state index in [-0.39, 0.29) is 24.0 Å². The van der Waals surface area contributed by atoms with Gasteiger partial charge in [0.15, 0.2) is 5.96 Å². The summed E-state index contributed by atoms with van der Waals surface area (Å²) in [6.45, 7) is 7.74. The molecular weight excluding hydrogens is 413 g/mol. The van der Waals surface area contributed by atoms with Gasteiger partial charge in [0.2, 0.25) is 0 Å². The Kier molecular flexibility index (Phi) is 11.2. The van der Waals surface area contributed by atoms with Crippen LogP contribution in [-0.4, -0.2) is 54.7 Å². The van der Waals surface area contributed by atoms with Gasteiger partial charge in [0.25, 0.3) is 0 Å². The molecule has 1 aliphatic heterocycles. The molecule has 1 aromatic heterocycles. The van der Waals surface area contributed by atoms with E-state index >= 15 is 0 Å². The van der Waals surface area contributed by atoms with Crippen LogP contribution in [0.3, 0.4) is 0 Å². The minimum absolute atomic E-state index is 0. The number of piperidine rings is 1. The molecular formula is C18H34IN5. The van der Waals surface area contributed by atoms with Crippen LogP contribution in [0.4, 0.5) is 0 Å². The SMILES string of the molecule is CN=C(NCCCCN1CCCCC1C)NCCn1cccc1.I. The first kappa shape index (κ1) is 21.3. The summed E-state index contributed by atoms with van der Waals surface area (Å²) >= 11 is 0. The first-order chi connectivity index (χ1) is 11.3. The highest BCUT2D eigenvalue weighted by Crippen LogP contribution is 2.16. The van der Waals surface area contributed by atoms with Gasteiger partial charge in [0.1, 0.15) is 0 Å². The molecule has 0 aliphatic carbocycles. The monoisotopic (exact) mass is 447 g/mol. The number of aromatic nitrogens is 1. The Morgan fingerprint density at radius 2 is 1.83 bits per heavy atom. The molecule has 0 amide bonds. The van der Waals surface area contributed by atoms with E-state index < -0.39 is 0 Å². The highest BCUT2D eigenvalue weighted by Gasteiger charge is 2.16. The second-order valence-corrected chi connectivity index (χ2v) is 6.43. The van der Waals surface area contributed by atoms with E-state index in [1.807, 2.05) is 7.05 Å². The second-order valence-electron chi connectivity index (χ2n) is 6.43. The van der Waals surface area contributed by atoms with E-state index in [4.69, 9.17) is 0 Å². The summed E-state index contributed by atoms with van der Waals surface area (Å²) in [4.78, 5) is 6.93. The number of hydrogen-bond donors (Lipinski definition) is 2. The molecule has 138 valence electrons. The van der Waals surface area contributed by atoms with Crippen molar-refractivity contribution in [3.63, 3.8) is 0 Å². The lowest BCUT2D eigenvalue weighted by atomic mass is 10.0. The first-order valence-electron chi connectivity index (χ1n) is 9.09. The summed E-state index contributed by atoms with van der Waals surface area (Å²) in [6.07, 6.45) is 10.8. The van der Waals surface area contributed by atoms with Gasteiger partial charge in [-0.3, -0.25) is 4.99 Å². The second kappa shape index (κ2) is 12.6. The third kappa shape index (κ3) is 7.88. The third-order valence-corrected chi connectivity index (χ3v) is 4.66. The zero-order valence-corrected chi connectivity index (χ0v) is 17.5. The van der Waals surface area contributed by atoms with E-state index in [9.17, 15) is 0 Å². The van der Waals surface area contributed by atoms with Crippen LogP contribution >= 0.6 is 24.0 Å². The summed E-state index contributed by atoms with van der Waals surface area (Å²) in [5, 5.41) is 6.77. The molecule has 6 heteroatoms. The summed E-state index contributed by atoms with van der Waals surface area (Å²) in [7, 11) is 1.83. The fourth-order valence-electron chi connectivity index (χ4n) is 3.18. The van der Waals surface area contributed by atoms with Crippen molar-refractivity contribution >= 4 is 29.9 Å². The topological polar surface area (TPSA) is 44.6 Å². The van der Waals surface area contributed by atoms with Crippen LogP contribution in [0, 0.1) is 0 Å². The molecule has 5 nitrogen and oxygen atoms in total. The maximum absolute atomic E-state index is 4.28. The summed E-state index contributed by atoms with van der Waals surface area (Å²) in [5.74, 6) is 0.906. The predicted molar refractivity (Wildman–Crippen MR) is 113 cm³/mol. The van der Waals surface area contributed by atoms with E-state index in [0.717, 1.165) is 31.6 Å². The molecule has 0 radical (unpaired) electrons. The number of rotatable bonds is 8. The third-order valence-electron chi connectivity index (χ3n) is 4.66. The number of nitrogens with one attached hydrogen (secondary N) is 2. The largest absolute Gasteiger partial charge is 0.356 e. The molecule has 1 atom stereocenters. The van der Waals surface area contributed by atoms with E-state index in [1.54, 1.807) is 0 Å². The van der Waals surface area contributed by atoms with Crippen LogP contribution in [0.15, 0.2) is 29.5 Å². The molecule has 1 unspecified atom stereocenters. The van der Waals surface area contributed by atoms with Gasteiger partial charge in [-0.25, -0.2) is 0 Å². The molecule has 24 heavy (non-hydrogen) atoms. The molecule has 2 N–H and O–H groups in total. The van der Waals surface area contributed by atoms with Crippen LogP contribution < -0.4 is 10.6 Å². The Morgan fingerprint density at radius 3 is 2.54 bits per heavy atom. The van der Waals surface area contributed by atoms with Gasteiger partial charge in [0, 0.05) is 45.1 Å². The molecule has 0 spiro atoms. The molecule has 2 rings (SSSR count). The molecule has 0 saturated carbocycles. The lowest BCUT2D eigenvalue weighted by molar-refractivity contribution is 0.158. The standard InChI is InChI=1S/C18H33N5.HI/c1-17-9-3-5-14-23(17)15-6-4-10-20-18(19-2)21-11-16-22-12-7-8-13-22;/h7-8,12-13,17H,3-6,9-11,14-16H2,1-2H3,(H2,19,20,21);1H. The number of unbranched alkanes of at least 4 members (excludes halogenated alkanes) is 1. The lowest BCUT2D eigenvalue weighted by Crippen LogP contribution is -2.40. The average Bonchev–Trinajstić information content (AvgIpc) is 3.08. The fourth-order valence-corrected chi connectivity index (χ4v) is 3.18. The van der Waals surface area contributed by atoms with Crippen LogP contribution in [0.1, 0.15) is 39.0 Å². The van der Waals surface area contributed by atoms with Crippen LogP contribution in [0.5, 0.6) is 0 Å². The van der Waals surface area contributed by atoms with Crippen molar-refractivity contribution in [1.82, 2.24) is 20.1 Å². The summed E-state index contributed by atoms with van der Waals surface area (Å²) in [6, 6.07) is 4.88. The predicted octanol–water partition coefficient (Wildman–Crippen LogP) is 2.93. The van der Waals surface area contributed by atoms with Gasteiger partial charge in [-0.05, 0) is 57.8 Å². The van der Waals surface area contributed by atoms with Crippen molar-refractivity contribution in [1.29, 1.82) is 0 Å². The molecule has 1 saturated heterocycles. The van der Waals surface area contributed by atoms with Crippen molar-refractivity contribution in [2.24, 2.45) is 4.99 Å². The van der Waals surface area contributed by atoms with Gasteiger partial charge < -0.3 is 20.1 Å². The molecule has 1 aliphatic rings. The normalized spacial score (nSPS) is 18.9. The Morgan fingerprint density at radius 1 is 1.08 bits per heavy atom. The Balaban J connectivity index is 0.00000288. The lowest BCUT2D eigenvalue weighted by Gasteiger charge is -2.33. The Hall–Kier alpha value is -0.760. The van der Waals surface area contributed by atoms with Crippen LogP contribution in [0.2, 0.25) is 0 Å². The van der Waals surface area contributed by atoms with Crippen LogP contribution in [0.25, 0.3) is 0 Å². The van der Waals surface area contributed by atoms with Crippen LogP contribution in [-0.2, 0) is 6.54 Å². The van der Waals surface area contributed by atoms with E-state index in [1.165, 1.54) is 45.2 Å². The Labute approximate surface area is 164 Å². The van der Waals surface area contributed by atoms with Gasteiger partial charge >= 0.3 is 0 Å². The maximum atomic E-state index is 4.28. The van der Waals surface area contributed by atoms with E-state index in [2.05, 4.69) is 56.5 Å².